The van der Waals surface area contributed by atoms with E-state index in [-0.39, 0.29) is 5.91 Å². The predicted octanol–water partition coefficient (Wildman–Crippen LogP) is 5.04. The average Bonchev–Trinajstić information content (AvgIpc) is 3.35. The van der Waals surface area contributed by atoms with Crippen molar-refractivity contribution in [3.8, 4) is 0 Å². The highest BCUT2D eigenvalue weighted by molar-refractivity contribution is 5.85. The molecule has 180 valence electrons. The van der Waals surface area contributed by atoms with Gasteiger partial charge in [0.05, 0.1) is 17.8 Å². The number of aryl methyl sites for hydroxylation is 2. The van der Waals surface area contributed by atoms with E-state index >= 15 is 0 Å². The molecule has 0 aliphatic rings. The normalized spacial score (nSPS) is 11.9. The summed E-state index contributed by atoms with van der Waals surface area (Å²) < 4.78 is 2.37. The second-order valence-electron chi connectivity index (χ2n) is 9.60. The van der Waals surface area contributed by atoms with Gasteiger partial charge in [0.1, 0.15) is 5.82 Å². The Kier molecular flexibility index (Phi) is 8.73. The summed E-state index contributed by atoms with van der Waals surface area (Å²) in [7, 11) is 0. The van der Waals surface area contributed by atoms with E-state index in [4.69, 9.17) is 10.7 Å². The monoisotopic (exact) mass is 451 g/mol. The zero-order chi connectivity index (χ0) is 23.8. The summed E-state index contributed by atoms with van der Waals surface area (Å²) >= 11 is 0. The number of nitrogens with one attached hydrogen (secondary N) is 2. The minimum atomic E-state index is -0.895. The highest BCUT2D eigenvalue weighted by Gasteiger charge is 2.23. The standard InChI is InChI=1S/C27H41N5O/c1-5-7-8-11-17-32-24(16-12-13-20-18-29-23-15-10-9-14-21(20)23)22(6-2)31-25(32)19-30-26(33)27(3,4)28/h9-10,14-15,18,29H,5-8,11-13,16-17,19,28H2,1-4H3,(H,30,33). The summed E-state index contributed by atoms with van der Waals surface area (Å²) in [4.78, 5) is 20.7. The topological polar surface area (TPSA) is 88.7 Å². The van der Waals surface area contributed by atoms with Crippen molar-refractivity contribution in [3.05, 3.63) is 53.2 Å². The van der Waals surface area contributed by atoms with Gasteiger partial charge in [0.25, 0.3) is 0 Å². The number of carbonyl (C=O) groups excluding carboxylic acids is 1. The average molecular weight is 452 g/mol. The van der Waals surface area contributed by atoms with Crippen molar-refractivity contribution in [2.24, 2.45) is 5.73 Å². The molecule has 0 aliphatic carbocycles. The maximum Gasteiger partial charge on any atom is 0.239 e. The lowest BCUT2D eigenvalue weighted by Crippen LogP contribution is -2.49. The van der Waals surface area contributed by atoms with E-state index in [2.05, 4.69) is 59.2 Å². The van der Waals surface area contributed by atoms with Crippen molar-refractivity contribution in [2.75, 3.05) is 0 Å². The molecule has 33 heavy (non-hydrogen) atoms. The summed E-state index contributed by atoms with van der Waals surface area (Å²) in [6.45, 7) is 9.23. The lowest BCUT2D eigenvalue weighted by Gasteiger charge is -2.18. The van der Waals surface area contributed by atoms with Crippen molar-refractivity contribution in [1.82, 2.24) is 19.9 Å². The van der Waals surface area contributed by atoms with Gasteiger partial charge < -0.3 is 20.6 Å². The van der Waals surface area contributed by atoms with Crippen LogP contribution in [0.15, 0.2) is 30.5 Å². The molecule has 0 spiro atoms. The van der Waals surface area contributed by atoms with Crippen molar-refractivity contribution in [1.29, 1.82) is 0 Å². The fraction of sp³-hybridized carbons (Fsp3) is 0.556. The maximum atomic E-state index is 12.3. The Morgan fingerprint density at radius 2 is 1.91 bits per heavy atom. The van der Waals surface area contributed by atoms with Gasteiger partial charge in [-0.25, -0.2) is 4.98 Å². The number of imidazole rings is 1. The number of para-hydroxylation sites is 1. The number of carbonyl (C=O) groups is 1. The molecule has 2 aromatic heterocycles. The Labute approximate surface area is 198 Å². The number of amides is 1. The molecule has 0 bridgehead atoms. The van der Waals surface area contributed by atoms with Gasteiger partial charge in [0.15, 0.2) is 0 Å². The van der Waals surface area contributed by atoms with Gasteiger partial charge >= 0.3 is 0 Å². The largest absolute Gasteiger partial charge is 0.361 e. The molecular formula is C27H41N5O. The van der Waals surface area contributed by atoms with Crippen molar-refractivity contribution >= 4 is 16.8 Å². The minimum Gasteiger partial charge on any atom is -0.361 e. The van der Waals surface area contributed by atoms with Crippen LogP contribution in [0.4, 0.5) is 0 Å². The summed E-state index contributed by atoms with van der Waals surface area (Å²) in [5.41, 5.74) is 10.1. The highest BCUT2D eigenvalue weighted by Crippen LogP contribution is 2.22. The third kappa shape index (κ3) is 6.47. The molecule has 4 N–H and O–H groups in total. The van der Waals surface area contributed by atoms with Gasteiger partial charge in [0.2, 0.25) is 5.91 Å². The zero-order valence-corrected chi connectivity index (χ0v) is 20.8. The van der Waals surface area contributed by atoms with Crippen LogP contribution in [0.3, 0.4) is 0 Å². The third-order valence-corrected chi connectivity index (χ3v) is 6.33. The molecular weight excluding hydrogens is 410 g/mol. The van der Waals surface area contributed by atoms with Gasteiger partial charge in [-0.2, -0.15) is 0 Å². The Morgan fingerprint density at radius 3 is 2.64 bits per heavy atom. The van der Waals surface area contributed by atoms with Crippen LogP contribution in [0, 0.1) is 0 Å². The molecule has 6 nitrogen and oxygen atoms in total. The van der Waals surface area contributed by atoms with E-state index in [1.165, 1.54) is 41.4 Å². The number of aromatic amines is 1. The summed E-state index contributed by atoms with van der Waals surface area (Å²) in [5.74, 6) is 0.796. The molecule has 0 saturated carbocycles. The number of fused-ring (bicyclic) bond motifs is 1. The van der Waals surface area contributed by atoms with Crippen LogP contribution in [-0.2, 0) is 37.1 Å². The Hall–Kier alpha value is -2.60. The van der Waals surface area contributed by atoms with Gasteiger partial charge in [0, 0.05) is 29.3 Å². The molecule has 0 unspecified atom stereocenters. The second kappa shape index (κ2) is 11.5. The van der Waals surface area contributed by atoms with Crippen LogP contribution < -0.4 is 11.1 Å². The molecule has 3 rings (SSSR count). The summed E-state index contributed by atoms with van der Waals surface area (Å²) in [6, 6.07) is 8.49. The number of benzene rings is 1. The predicted molar refractivity (Wildman–Crippen MR) is 136 cm³/mol. The number of nitrogens with two attached hydrogens (primary N) is 1. The molecule has 6 heteroatoms. The SMILES string of the molecule is CCCCCCn1c(CNC(=O)C(C)(C)N)nc(CC)c1CCCc1c[nH]c2ccccc12. The van der Waals surface area contributed by atoms with Gasteiger partial charge in [-0.1, -0.05) is 51.3 Å². The van der Waals surface area contributed by atoms with E-state index in [0.29, 0.717) is 6.54 Å². The molecule has 0 radical (unpaired) electrons. The molecule has 0 aliphatic heterocycles. The van der Waals surface area contributed by atoms with E-state index in [9.17, 15) is 4.79 Å². The van der Waals surface area contributed by atoms with Gasteiger partial charge in [-0.05, 0) is 57.6 Å². The number of unbranched alkanes of at least 4 members (excludes halogenated alkanes) is 3. The van der Waals surface area contributed by atoms with Crippen LogP contribution in [0.1, 0.15) is 82.6 Å². The summed E-state index contributed by atoms with van der Waals surface area (Å²) in [5, 5.41) is 4.31. The third-order valence-electron chi connectivity index (χ3n) is 6.33. The van der Waals surface area contributed by atoms with Crippen molar-refractivity contribution < 1.29 is 4.79 Å². The first-order valence-corrected chi connectivity index (χ1v) is 12.5. The molecule has 0 atom stereocenters. The minimum absolute atomic E-state index is 0.151. The number of rotatable bonds is 13. The molecule has 2 heterocycles. The van der Waals surface area contributed by atoms with Gasteiger partial charge in [-0.3, -0.25) is 4.79 Å². The molecule has 0 fully saturated rings. The number of nitrogens with zero attached hydrogens (tertiary/aromatic N) is 2. The van der Waals surface area contributed by atoms with Crippen LogP contribution in [0.25, 0.3) is 10.9 Å². The zero-order valence-electron chi connectivity index (χ0n) is 20.8. The van der Waals surface area contributed by atoms with Crippen LogP contribution in [0.2, 0.25) is 0 Å². The van der Waals surface area contributed by atoms with E-state index in [1.54, 1.807) is 13.8 Å². The first-order valence-electron chi connectivity index (χ1n) is 12.5. The Bertz CT molecular complexity index is 1040. The van der Waals surface area contributed by atoms with Crippen LogP contribution >= 0.6 is 0 Å². The first-order chi connectivity index (χ1) is 15.8. The van der Waals surface area contributed by atoms with E-state index in [0.717, 1.165) is 50.2 Å². The quantitative estimate of drug-likeness (QED) is 0.318. The molecule has 0 saturated heterocycles. The second-order valence-corrected chi connectivity index (χ2v) is 9.60. The van der Waals surface area contributed by atoms with Crippen molar-refractivity contribution in [3.63, 3.8) is 0 Å². The number of aromatic nitrogens is 3. The molecule has 1 amide bonds. The molecule has 1 aromatic carbocycles. The fourth-order valence-electron chi connectivity index (χ4n) is 4.42. The van der Waals surface area contributed by atoms with Gasteiger partial charge in [-0.15, -0.1) is 0 Å². The lowest BCUT2D eigenvalue weighted by atomic mass is 10.0. The first kappa shape index (κ1) is 25.0. The Morgan fingerprint density at radius 1 is 1.12 bits per heavy atom. The van der Waals surface area contributed by atoms with Crippen LogP contribution in [-0.4, -0.2) is 26.0 Å². The Balaban J connectivity index is 1.75. The molecule has 3 aromatic rings. The fourth-order valence-corrected chi connectivity index (χ4v) is 4.42. The van der Waals surface area contributed by atoms with E-state index in [1.807, 2.05) is 0 Å². The number of H-pyrrole nitrogens is 1. The highest BCUT2D eigenvalue weighted by atomic mass is 16.2. The van der Waals surface area contributed by atoms with Crippen LogP contribution in [0.5, 0.6) is 0 Å². The van der Waals surface area contributed by atoms with Crippen molar-refractivity contribution in [2.45, 2.75) is 97.7 Å². The lowest BCUT2D eigenvalue weighted by molar-refractivity contribution is -0.125. The number of hydrogen-bond acceptors (Lipinski definition) is 3. The number of hydrogen-bond donors (Lipinski definition) is 3. The maximum absolute atomic E-state index is 12.3. The van der Waals surface area contributed by atoms with E-state index < -0.39 is 5.54 Å². The summed E-state index contributed by atoms with van der Waals surface area (Å²) in [6.07, 6.45) is 10.9. The smallest absolute Gasteiger partial charge is 0.239 e.